The highest BCUT2D eigenvalue weighted by Crippen LogP contribution is 2.37. The minimum Gasteiger partial charge on any atom is -0.380 e. The summed E-state index contributed by atoms with van der Waals surface area (Å²) in [6.45, 7) is 3.71. The Morgan fingerprint density at radius 2 is 2.17 bits per heavy atom. The first kappa shape index (κ1) is 21.7. The summed E-state index contributed by atoms with van der Waals surface area (Å²) in [5.41, 5.74) is 3.16. The zero-order valence-electron chi connectivity index (χ0n) is 19.7. The molecule has 2 fully saturated rings. The first-order valence-electron chi connectivity index (χ1n) is 11.9. The van der Waals surface area contributed by atoms with Gasteiger partial charge in [-0.15, -0.1) is 11.3 Å². The molecule has 184 valence electrons. The SMILES string of the molecule is Cn1cc(-c2cn3nc4c5ncc(NC(=O)CN6CCCC7(COC7)C6)cc5[nH]c(=O)c4c3s2)cn1. The van der Waals surface area contributed by atoms with Gasteiger partial charge in [-0.1, -0.05) is 0 Å². The van der Waals surface area contributed by atoms with E-state index in [-0.39, 0.29) is 16.9 Å². The third kappa shape index (κ3) is 3.52. The summed E-state index contributed by atoms with van der Waals surface area (Å²) in [6.07, 6.45) is 9.47. The Kier molecular flexibility index (Phi) is 4.78. The first-order valence-corrected chi connectivity index (χ1v) is 12.7. The molecule has 7 rings (SSSR count). The maximum atomic E-state index is 13.1. The average Bonchev–Trinajstić information content (AvgIpc) is 3.52. The van der Waals surface area contributed by atoms with Crippen LogP contribution in [0.1, 0.15) is 12.8 Å². The maximum Gasteiger partial charge on any atom is 0.261 e. The van der Waals surface area contributed by atoms with Gasteiger partial charge in [0.2, 0.25) is 5.91 Å². The number of piperidine rings is 1. The van der Waals surface area contributed by atoms with Gasteiger partial charge in [0.1, 0.15) is 21.3 Å². The summed E-state index contributed by atoms with van der Waals surface area (Å²) >= 11 is 1.49. The number of aromatic nitrogens is 6. The second-order valence-corrected chi connectivity index (χ2v) is 10.9. The number of nitrogens with zero attached hydrogens (tertiary/aromatic N) is 6. The molecule has 1 spiro atoms. The second kappa shape index (κ2) is 7.95. The van der Waals surface area contributed by atoms with Crippen molar-refractivity contribution in [2.45, 2.75) is 12.8 Å². The van der Waals surface area contributed by atoms with Crippen LogP contribution in [-0.2, 0) is 16.6 Å². The highest BCUT2D eigenvalue weighted by Gasteiger charge is 2.42. The van der Waals surface area contributed by atoms with Crippen molar-refractivity contribution < 1.29 is 9.53 Å². The molecule has 5 aromatic rings. The summed E-state index contributed by atoms with van der Waals surface area (Å²) in [5.74, 6) is -0.0951. The van der Waals surface area contributed by atoms with E-state index in [4.69, 9.17) is 4.74 Å². The largest absolute Gasteiger partial charge is 0.380 e. The van der Waals surface area contributed by atoms with Crippen LogP contribution in [0.25, 0.3) is 37.2 Å². The second-order valence-electron chi connectivity index (χ2n) is 9.90. The summed E-state index contributed by atoms with van der Waals surface area (Å²) in [5, 5.41) is 12.3. The number of pyridine rings is 2. The zero-order chi connectivity index (χ0) is 24.4. The van der Waals surface area contributed by atoms with Crippen LogP contribution in [0.4, 0.5) is 5.69 Å². The number of rotatable bonds is 4. The van der Waals surface area contributed by atoms with Crippen molar-refractivity contribution >= 4 is 49.7 Å². The summed E-state index contributed by atoms with van der Waals surface area (Å²) in [4.78, 5) is 37.2. The Morgan fingerprint density at radius 3 is 2.94 bits per heavy atom. The van der Waals surface area contributed by atoms with Gasteiger partial charge < -0.3 is 15.0 Å². The van der Waals surface area contributed by atoms with E-state index in [2.05, 4.69) is 30.4 Å². The number of aromatic amines is 1. The Morgan fingerprint density at radius 1 is 1.28 bits per heavy atom. The molecule has 2 N–H and O–H groups in total. The van der Waals surface area contributed by atoms with E-state index in [0.29, 0.717) is 34.2 Å². The van der Waals surface area contributed by atoms with Crippen molar-refractivity contribution in [2.75, 3.05) is 38.2 Å². The fourth-order valence-electron chi connectivity index (χ4n) is 5.38. The average molecular weight is 505 g/mol. The molecule has 2 saturated heterocycles. The van der Waals surface area contributed by atoms with Gasteiger partial charge in [0.05, 0.1) is 48.2 Å². The van der Waals surface area contributed by atoms with Crippen molar-refractivity contribution in [3.63, 3.8) is 0 Å². The Labute approximate surface area is 208 Å². The molecule has 2 aliphatic heterocycles. The van der Waals surface area contributed by atoms with Crippen molar-refractivity contribution in [1.82, 2.24) is 34.3 Å². The number of carbonyl (C=O) groups is 1. The number of ether oxygens (including phenoxy) is 1. The fourth-order valence-corrected chi connectivity index (χ4v) is 6.44. The minimum atomic E-state index is -0.237. The highest BCUT2D eigenvalue weighted by atomic mass is 32.1. The number of amides is 1. The molecule has 12 heteroatoms. The van der Waals surface area contributed by atoms with E-state index in [9.17, 15) is 9.59 Å². The Hall–Kier alpha value is -3.61. The third-order valence-electron chi connectivity index (χ3n) is 7.10. The summed E-state index contributed by atoms with van der Waals surface area (Å²) < 4.78 is 8.88. The molecule has 0 atom stereocenters. The van der Waals surface area contributed by atoms with Crippen molar-refractivity contribution in [3.8, 4) is 10.4 Å². The Bertz CT molecular complexity index is 1710. The molecule has 0 saturated carbocycles. The maximum absolute atomic E-state index is 13.1. The standard InChI is InChI=1S/C24H24N8O3S/c1-30-8-14(6-26-30)17-9-32-23(36-17)19-21(29-32)20-16(28-22(19)34)5-15(7-25-20)27-18(33)10-31-4-2-3-24(11-31)12-35-13-24/h5-9H,2-4,10-13H2,1H3,(H,27,33)(H,28,34). The third-order valence-corrected chi connectivity index (χ3v) is 8.24. The van der Waals surface area contributed by atoms with Crippen LogP contribution in [0.15, 0.2) is 35.6 Å². The lowest BCUT2D eigenvalue weighted by molar-refractivity contribution is -0.146. The van der Waals surface area contributed by atoms with Gasteiger partial charge in [-0.25, -0.2) is 4.52 Å². The van der Waals surface area contributed by atoms with E-state index >= 15 is 0 Å². The number of hydrogen-bond donors (Lipinski definition) is 2. The minimum absolute atomic E-state index is 0.0951. The van der Waals surface area contributed by atoms with Gasteiger partial charge >= 0.3 is 0 Å². The van der Waals surface area contributed by atoms with Gasteiger partial charge in [-0.2, -0.15) is 10.2 Å². The smallest absolute Gasteiger partial charge is 0.261 e. The van der Waals surface area contributed by atoms with Gasteiger partial charge in [0.25, 0.3) is 5.56 Å². The van der Waals surface area contributed by atoms with Crippen LogP contribution >= 0.6 is 11.3 Å². The number of aryl methyl sites for hydroxylation is 1. The predicted molar refractivity (Wildman–Crippen MR) is 136 cm³/mol. The van der Waals surface area contributed by atoms with Crippen LogP contribution in [0.5, 0.6) is 0 Å². The molecule has 0 aromatic carbocycles. The fraction of sp³-hybridized carbons (Fsp3) is 0.375. The van der Waals surface area contributed by atoms with Gasteiger partial charge in [0.15, 0.2) is 0 Å². The monoisotopic (exact) mass is 504 g/mol. The van der Waals surface area contributed by atoms with E-state index in [1.54, 1.807) is 27.7 Å². The van der Waals surface area contributed by atoms with E-state index < -0.39 is 0 Å². The van der Waals surface area contributed by atoms with Crippen molar-refractivity contribution in [3.05, 3.63) is 41.2 Å². The van der Waals surface area contributed by atoms with Crippen LogP contribution in [0.2, 0.25) is 0 Å². The molecule has 2 aliphatic rings. The van der Waals surface area contributed by atoms with Gasteiger partial charge in [0, 0.05) is 37.0 Å². The number of carbonyl (C=O) groups excluding carboxylic acids is 1. The topological polar surface area (TPSA) is 122 Å². The lowest BCUT2D eigenvalue weighted by Gasteiger charge is -2.48. The number of fused-ring (bicyclic) bond motifs is 5. The number of anilines is 1. The lowest BCUT2D eigenvalue weighted by atomic mass is 9.78. The molecule has 0 radical (unpaired) electrons. The molecular weight excluding hydrogens is 480 g/mol. The van der Waals surface area contributed by atoms with E-state index in [1.165, 1.54) is 11.3 Å². The molecule has 1 amide bonds. The molecule has 11 nitrogen and oxygen atoms in total. The summed E-state index contributed by atoms with van der Waals surface area (Å²) in [6, 6.07) is 1.74. The van der Waals surface area contributed by atoms with Crippen LogP contribution in [0, 0.1) is 5.41 Å². The van der Waals surface area contributed by atoms with Gasteiger partial charge in [-0.3, -0.25) is 24.2 Å². The van der Waals surface area contributed by atoms with Crippen molar-refractivity contribution in [1.29, 1.82) is 0 Å². The van der Waals surface area contributed by atoms with E-state index in [1.807, 2.05) is 19.4 Å². The number of thiazole rings is 1. The highest BCUT2D eigenvalue weighted by molar-refractivity contribution is 7.21. The Balaban J connectivity index is 1.16. The number of hydrogen-bond acceptors (Lipinski definition) is 8. The number of H-pyrrole nitrogens is 1. The quantitative estimate of drug-likeness (QED) is 0.385. The van der Waals surface area contributed by atoms with E-state index in [0.717, 1.165) is 54.4 Å². The number of nitrogens with one attached hydrogen (secondary N) is 2. The zero-order valence-corrected chi connectivity index (χ0v) is 20.5. The van der Waals surface area contributed by atoms with Gasteiger partial charge in [-0.05, 0) is 25.5 Å². The van der Waals surface area contributed by atoms with Crippen LogP contribution < -0.4 is 10.9 Å². The predicted octanol–water partition coefficient (Wildman–Crippen LogP) is 2.24. The van der Waals surface area contributed by atoms with Crippen LogP contribution in [0.3, 0.4) is 0 Å². The molecule has 0 unspecified atom stereocenters. The normalized spacial score (nSPS) is 17.8. The molecule has 36 heavy (non-hydrogen) atoms. The summed E-state index contributed by atoms with van der Waals surface area (Å²) in [7, 11) is 1.87. The van der Waals surface area contributed by atoms with Crippen LogP contribution in [-0.4, -0.2) is 73.0 Å². The van der Waals surface area contributed by atoms with Crippen molar-refractivity contribution in [2.24, 2.45) is 12.5 Å². The molecule has 5 aromatic heterocycles. The molecule has 7 heterocycles. The lowest BCUT2D eigenvalue weighted by Crippen LogP contribution is -2.55. The molecule has 0 bridgehead atoms. The number of likely N-dealkylation sites (tertiary alicyclic amines) is 1. The first-order chi connectivity index (χ1) is 17.5. The molecule has 0 aliphatic carbocycles. The molecular formula is C24H24N8O3S.